The number of ether oxygens (including phenoxy) is 2. The Hall–Kier alpha value is -4.33. The number of carbonyl (C=O) groups is 2. The van der Waals surface area contributed by atoms with Crippen molar-refractivity contribution in [3.8, 4) is 11.5 Å². The fourth-order valence-corrected chi connectivity index (χ4v) is 4.28. The number of Topliss-reactive ketones (excluding diaryl/α,β-unsaturated/α-hetero) is 1. The summed E-state index contributed by atoms with van der Waals surface area (Å²) in [5.41, 5.74) is 1.16. The molecule has 0 aliphatic carbocycles. The van der Waals surface area contributed by atoms with Crippen molar-refractivity contribution >= 4 is 17.4 Å². The predicted octanol–water partition coefficient (Wildman–Crippen LogP) is 4.36. The lowest BCUT2D eigenvalue weighted by Gasteiger charge is -2.26. The molecule has 2 heterocycles. The van der Waals surface area contributed by atoms with Gasteiger partial charge in [0.05, 0.1) is 24.5 Å². The molecule has 0 bridgehead atoms. The molecule has 1 fully saturated rings. The number of imidazole rings is 1. The second kappa shape index (κ2) is 11.4. The molecule has 4 rings (SSSR count). The van der Waals surface area contributed by atoms with Gasteiger partial charge in [-0.05, 0) is 31.0 Å². The highest BCUT2D eigenvalue weighted by Crippen LogP contribution is 2.42. The van der Waals surface area contributed by atoms with E-state index in [2.05, 4.69) is 11.6 Å². The van der Waals surface area contributed by atoms with Gasteiger partial charge in [-0.2, -0.15) is 0 Å². The van der Waals surface area contributed by atoms with Gasteiger partial charge in [0.1, 0.15) is 12.4 Å². The summed E-state index contributed by atoms with van der Waals surface area (Å²) >= 11 is 0. The SMILES string of the molecule is C=CCOc1ccc(C2/C(=C(\O)c3ccccc3)C(=O)C(=O)N2CCCn2ccnc2)cc1OCC. The van der Waals surface area contributed by atoms with Gasteiger partial charge in [-0.15, -0.1) is 0 Å². The van der Waals surface area contributed by atoms with Crippen LogP contribution < -0.4 is 9.47 Å². The molecule has 36 heavy (non-hydrogen) atoms. The van der Waals surface area contributed by atoms with Crippen LogP contribution in [0.4, 0.5) is 0 Å². The number of aliphatic hydroxyl groups is 1. The summed E-state index contributed by atoms with van der Waals surface area (Å²) < 4.78 is 13.4. The molecule has 186 valence electrons. The van der Waals surface area contributed by atoms with Gasteiger partial charge in [0.15, 0.2) is 11.5 Å². The third kappa shape index (κ3) is 5.17. The van der Waals surface area contributed by atoms with Crippen LogP contribution in [0, 0.1) is 0 Å². The number of amides is 1. The number of aromatic nitrogens is 2. The Kier molecular flexibility index (Phi) is 7.85. The first-order valence-corrected chi connectivity index (χ1v) is 11.8. The summed E-state index contributed by atoms with van der Waals surface area (Å²) in [6, 6.07) is 13.3. The van der Waals surface area contributed by atoms with Crippen LogP contribution in [0.2, 0.25) is 0 Å². The third-order valence-electron chi connectivity index (χ3n) is 5.90. The molecule has 0 saturated carbocycles. The number of aryl methyl sites for hydroxylation is 1. The fraction of sp³-hybridized carbons (Fsp3) is 0.250. The van der Waals surface area contributed by atoms with Gasteiger partial charge in [-0.3, -0.25) is 9.59 Å². The maximum absolute atomic E-state index is 13.2. The smallest absolute Gasteiger partial charge is 0.295 e. The second-order valence-corrected chi connectivity index (χ2v) is 8.25. The van der Waals surface area contributed by atoms with Crippen LogP contribution in [-0.4, -0.2) is 51.0 Å². The zero-order chi connectivity index (χ0) is 25.5. The number of rotatable bonds is 11. The molecule has 8 heteroatoms. The first-order chi connectivity index (χ1) is 17.5. The maximum Gasteiger partial charge on any atom is 0.295 e. The second-order valence-electron chi connectivity index (χ2n) is 8.25. The molecule has 8 nitrogen and oxygen atoms in total. The minimum absolute atomic E-state index is 0.0519. The topological polar surface area (TPSA) is 93.9 Å². The molecule has 1 N–H and O–H groups in total. The van der Waals surface area contributed by atoms with Crippen LogP contribution in [0.15, 0.2) is 85.5 Å². The standard InChI is InChI=1S/C28H29N3O5/c1-3-17-36-22-12-11-21(18-23(22)35-4-2)25-24(26(32)20-9-6-5-7-10-20)27(33)28(34)31(25)15-8-14-30-16-13-29-19-30/h3,5-7,9-13,16,18-19,25,32H,1,4,8,14-15,17H2,2H3/b26-24+. The van der Waals surface area contributed by atoms with Crippen molar-refractivity contribution < 1.29 is 24.2 Å². The Morgan fingerprint density at radius 3 is 2.61 bits per heavy atom. The van der Waals surface area contributed by atoms with Gasteiger partial charge in [-0.1, -0.05) is 49.1 Å². The summed E-state index contributed by atoms with van der Waals surface area (Å²) in [4.78, 5) is 32.0. The van der Waals surface area contributed by atoms with E-state index < -0.39 is 17.7 Å². The molecular weight excluding hydrogens is 458 g/mol. The summed E-state index contributed by atoms with van der Waals surface area (Å²) in [5, 5.41) is 11.2. The van der Waals surface area contributed by atoms with E-state index in [1.165, 1.54) is 4.90 Å². The molecule has 1 atom stereocenters. The van der Waals surface area contributed by atoms with Crippen molar-refractivity contribution in [3.05, 3.63) is 96.6 Å². The van der Waals surface area contributed by atoms with Crippen molar-refractivity contribution in [2.75, 3.05) is 19.8 Å². The number of carbonyl (C=O) groups excluding carboxylic acids is 2. The average Bonchev–Trinajstić information content (AvgIpc) is 3.50. The van der Waals surface area contributed by atoms with Gasteiger partial charge >= 0.3 is 0 Å². The monoisotopic (exact) mass is 487 g/mol. The van der Waals surface area contributed by atoms with Crippen LogP contribution in [-0.2, 0) is 16.1 Å². The third-order valence-corrected chi connectivity index (χ3v) is 5.90. The van der Waals surface area contributed by atoms with E-state index >= 15 is 0 Å². The summed E-state index contributed by atoms with van der Waals surface area (Å²) in [6.45, 7) is 7.20. The van der Waals surface area contributed by atoms with Crippen molar-refractivity contribution in [1.82, 2.24) is 14.5 Å². The van der Waals surface area contributed by atoms with Gasteiger partial charge in [0.2, 0.25) is 0 Å². The van der Waals surface area contributed by atoms with Crippen LogP contribution in [0.3, 0.4) is 0 Å². The molecule has 3 aromatic rings. The lowest BCUT2D eigenvalue weighted by molar-refractivity contribution is -0.139. The van der Waals surface area contributed by atoms with Crippen LogP contribution in [0.1, 0.15) is 30.5 Å². The van der Waals surface area contributed by atoms with Crippen molar-refractivity contribution in [1.29, 1.82) is 0 Å². The van der Waals surface area contributed by atoms with Gasteiger partial charge < -0.3 is 24.0 Å². The summed E-state index contributed by atoms with van der Waals surface area (Å²) in [5.74, 6) is -0.552. The van der Waals surface area contributed by atoms with E-state index in [0.717, 1.165) is 0 Å². The maximum atomic E-state index is 13.2. The van der Waals surface area contributed by atoms with E-state index in [4.69, 9.17) is 9.47 Å². The van der Waals surface area contributed by atoms with E-state index in [0.29, 0.717) is 55.4 Å². The Balaban J connectivity index is 1.76. The molecule has 1 amide bonds. The van der Waals surface area contributed by atoms with E-state index in [9.17, 15) is 14.7 Å². The summed E-state index contributed by atoms with van der Waals surface area (Å²) in [7, 11) is 0. The zero-order valence-electron chi connectivity index (χ0n) is 20.2. The van der Waals surface area contributed by atoms with Crippen LogP contribution in [0.5, 0.6) is 11.5 Å². The minimum atomic E-state index is -0.777. The number of aliphatic hydroxyl groups excluding tert-OH is 1. The Morgan fingerprint density at radius 2 is 1.92 bits per heavy atom. The van der Waals surface area contributed by atoms with Gasteiger partial charge in [-0.25, -0.2) is 4.98 Å². The molecule has 1 aromatic heterocycles. The number of hydrogen-bond donors (Lipinski definition) is 1. The number of nitrogens with zero attached hydrogens (tertiary/aromatic N) is 3. The van der Waals surface area contributed by atoms with E-state index in [-0.39, 0.29) is 11.3 Å². The first kappa shape index (κ1) is 24.8. The molecule has 2 aromatic carbocycles. The molecule has 1 aliphatic rings. The predicted molar refractivity (Wildman–Crippen MR) is 136 cm³/mol. The average molecular weight is 488 g/mol. The molecule has 1 saturated heterocycles. The number of hydrogen-bond acceptors (Lipinski definition) is 6. The lowest BCUT2D eigenvalue weighted by Crippen LogP contribution is -2.31. The highest BCUT2D eigenvalue weighted by molar-refractivity contribution is 6.46. The summed E-state index contributed by atoms with van der Waals surface area (Å²) in [6.07, 6.45) is 7.48. The quantitative estimate of drug-likeness (QED) is 0.187. The fourth-order valence-electron chi connectivity index (χ4n) is 4.28. The van der Waals surface area contributed by atoms with Gasteiger partial charge in [0.25, 0.3) is 11.7 Å². The highest BCUT2D eigenvalue weighted by atomic mass is 16.5. The van der Waals surface area contributed by atoms with Gasteiger partial charge in [0, 0.05) is 31.0 Å². The first-order valence-electron chi connectivity index (χ1n) is 11.8. The van der Waals surface area contributed by atoms with Crippen LogP contribution >= 0.6 is 0 Å². The largest absolute Gasteiger partial charge is 0.507 e. The normalized spacial score (nSPS) is 16.8. The Labute approximate surface area is 210 Å². The molecule has 1 unspecified atom stereocenters. The number of likely N-dealkylation sites (tertiary alicyclic amines) is 1. The zero-order valence-corrected chi connectivity index (χ0v) is 20.2. The molecule has 0 radical (unpaired) electrons. The molecular formula is C28H29N3O5. The minimum Gasteiger partial charge on any atom is -0.507 e. The lowest BCUT2D eigenvalue weighted by atomic mass is 9.95. The van der Waals surface area contributed by atoms with Crippen molar-refractivity contribution in [3.63, 3.8) is 0 Å². The molecule has 1 aliphatic heterocycles. The Bertz CT molecular complexity index is 1250. The van der Waals surface area contributed by atoms with Crippen molar-refractivity contribution in [2.24, 2.45) is 0 Å². The Morgan fingerprint density at radius 1 is 1.11 bits per heavy atom. The molecule has 0 spiro atoms. The van der Waals surface area contributed by atoms with E-state index in [1.807, 2.05) is 23.8 Å². The van der Waals surface area contributed by atoms with Crippen LogP contribution in [0.25, 0.3) is 5.76 Å². The number of benzene rings is 2. The van der Waals surface area contributed by atoms with Crippen molar-refractivity contribution in [2.45, 2.75) is 25.9 Å². The van der Waals surface area contributed by atoms with E-state index in [1.54, 1.807) is 61.1 Å². The number of ketones is 1. The highest BCUT2D eigenvalue weighted by Gasteiger charge is 2.46.